The molecule has 0 aliphatic rings. The van der Waals surface area contributed by atoms with Crippen molar-refractivity contribution in [3.63, 3.8) is 0 Å². The van der Waals surface area contributed by atoms with Crippen LogP contribution in [0.15, 0.2) is 17.0 Å². The molecule has 2 N–H and O–H groups in total. The standard InChI is InChI=1S/C11H15ClN2O3S/c1-4-14(3)11(15)8-5-7(2)10(12)9(6-8)18(13,16)17/h5-6H,4H2,1-3H3,(H2,13,16,17). The molecule has 0 radical (unpaired) electrons. The number of carbonyl (C=O) groups is 1. The van der Waals surface area contributed by atoms with Crippen LogP contribution in [0.2, 0.25) is 5.02 Å². The van der Waals surface area contributed by atoms with Crippen molar-refractivity contribution in [3.8, 4) is 0 Å². The Labute approximate surface area is 112 Å². The third-order valence-corrected chi connectivity index (χ3v) is 4.14. The van der Waals surface area contributed by atoms with Gasteiger partial charge >= 0.3 is 0 Å². The molecule has 1 aromatic carbocycles. The lowest BCUT2D eigenvalue weighted by Crippen LogP contribution is -2.26. The highest BCUT2D eigenvalue weighted by Gasteiger charge is 2.19. The molecule has 0 saturated carbocycles. The molecule has 0 atom stereocenters. The van der Waals surface area contributed by atoms with E-state index in [1.54, 1.807) is 20.0 Å². The van der Waals surface area contributed by atoms with Crippen LogP contribution in [0.3, 0.4) is 0 Å². The number of aryl methyl sites for hydroxylation is 1. The molecule has 100 valence electrons. The Morgan fingerprint density at radius 2 is 2.00 bits per heavy atom. The molecule has 0 spiro atoms. The fraction of sp³-hybridized carbons (Fsp3) is 0.364. The molecule has 1 rings (SSSR count). The van der Waals surface area contributed by atoms with E-state index in [2.05, 4.69) is 0 Å². The van der Waals surface area contributed by atoms with E-state index in [1.807, 2.05) is 6.92 Å². The summed E-state index contributed by atoms with van der Waals surface area (Å²) < 4.78 is 22.8. The van der Waals surface area contributed by atoms with Crippen LogP contribution in [0.5, 0.6) is 0 Å². The average molecular weight is 291 g/mol. The van der Waals surface area contributed by atoms with Crippen LogP contribution in [0.4, 0.5) is 0 Å². The third-order valence-electron chi connectivity index (χ3n) is 2.60. The number of halogens is 1. The lowest BCUT2D eigenvalue weighted by molar-refractivity contribution is 0.0802. The quantitative estimate of drug-likeness (QED) is 0.913. The minimum atomic E-state index is -3.95. The van der Waals surface area contributed by atoms with E-state index in [4.69, 9.17) is 16.7 Å². The van der Waals surface area contributed by atoms with Gasteiger partial charge in [-0.25, -0.2) is 13.6 Å². The highest BCUT2D eigenvalue weighted by Crippen LogP contribution is 2.26. The zero-order valence-electron chi connectivity index (χ0n) is 10.4. The molecule has 0 fully saturated rings. The monoisotopic (exact) mass is 290 g/mol. The number of hydrogen-bond acceptors (Lipinski definition) is 3. The summed E-state index contributed by atoms with van der Waals surface area (Å²) in [6.07, 6.45) is 0. The van der Waals surface area contributed by atoms with Crippen molar-refractivity contribution < 1.29 is 13.2 Å². The number of hydrogen-bond donors (Lipinski definition) is 1. The molecule has 0 heterocycles. The minimum absolute atomic E-state index is 0.0493. The van der Waals surface area contributed by atoms with Gasteiger partial charge < -0.3 is 4.90 Å². The largest absolute Gasteiger partial charge is 0.342 e. The van der Waals surface area contributed by atoms with E-state index in [0.717, 1.165) is 0 Å². The maximum absolute atomic E-state index is 12.0. The van der Waals surface area contributed by atoms with Crippen LogP contribution < -0.4 is 5.14 Å². The second-order valence-electron chi connectivity index (χ2n) is 3.97. The molecule has 0 bridgehead atoms. The van der Waals surface area contributed by atoms with Crippen LogP contribution in [0.1, 0.15) is 22.8 Å². The van der Waals surface area contributed by atoms with Gasteiger partial charge in [-0.2, -0.15) is 0 Å². The van der Waals surface area contributed by atoms with Crippen molar-refractivity contribution in [2.75, 3.05) is 13.6 Å². The molecule has 0 aliphatic heterocycles. The number of carbonyl (C=O) groups excluding carboxylic acids is 1. The second kappa shape index (κ2) is 5.26. The number of amides is 1. The molecule has 18 heavy (non-hydrogen) atoms. The Morgan fingerprint density at radius 3 is 2.44 bits per heavy atom. The fourth-order valence-corrected chi connectivity index (χ4v) is 2.57. The van der Waals surface area contributed by atoms with E-state index in [-0.39, 0.29) is 21.4 Å². The minimum Gasteiger partial charge on any atom is -0.342 e. The van der Waals surface area contributed by atoms with E-state index >= 15 is 0 Å². The summed E-state index contributed by atoms with van der Waals surface area (Å²) in [6.45, 7) is 3.96. The van der Waals surface area contributed by atoms with Gasteiger partial charge in [0.15, 0.2) is 0 Å². The summed E-state index contributed by atoms with van der Waals surface area (Å²) in [7, 11) is -2.32. The van der Waals surface area contributed by atoms with E-state index < -0.39 is 10.0 Å². The zero-order chi connectivity index (χ0) is 14.1. The van der Waals surface area contributed by atoms with Crippen molar-refractivity contribution in [2.45, 2.75) is 18.7 Å². The van der Waals surface area contributed by atoms with Gasteiger partial charge in [0.1, 0.15) is 4.90 Å². The van der Waals surface area contributed by atoms with Crippen molar-refractivity contribution in [3.05, 3.63) is 28.3 Å². The molecule has 0 aromatic heterocycles. The topological polar surface area (TPSA) is 80.5 Å². The Morgan fingerprint density at radius 1 is 1.44 bits per heavy atom. The summed E-state index contributed by atoms with van der Waals surface area (Å²) in [4.78, 5) is 13.2. The second-order valence-corrected chi connectivity index (χ2v) is 5.88. The number of nitrogens with zero attached hydrogens (tertiary/aromatic N) is 1. The zero-order valence-corrected chi connectivity index (χ0v) is 12.0. The SMILES string of the molecule is CCN(C)C(=O)c1cc(C)c(Cl)c(S(N)(=O)=O)c1. The molecule has 1 amide bonds. The Balaban J connectivity index is 3.43. The van der Waals surface area contributed by atoms with Gasteiger partial charge in [-0.15, -0.1) is 0 Å². The summed E-state index contributed by atoms with van der Waals surface area (Å²) in [5, 5.41) is 5.12. The molecular formula is C11H15ClN2O3S. The molecule has 7 heteroatoms. The third kappa shape index (κ3) is 3.01. The van der Waals surface area contributed by atoms with Crippen LogP contribution in [-0.2, 0) is 10.0 Å². The number of nitrogens with two attached hydrogens (primary N) is 1. The first-order chi connectivity index (χ1) is 8.18. The highest BCUT2D eigenvalue weighted by atomic mass is 35.5. The molecule has 0 unspecified atom stereocenters. The van der Waals surface area contributed by atoms with Gasteiger partial charge in [-0.3, -0.25) is 4.79 Å². The molecule has 0 saturated heterocycles. The molecular weight excluding hydrogens is 276 g/mol. The number of primary sulfonamides is 1. The van der Waals surface area contributed by atoms with Crippen molar-refractivity contribution >= 4 is 27.5 Å². The van der Waals surface area contributed by atoms with Crippen LogP contribution >= 0.6 is 11.6 Å². The van der Waals surface area contributed by atoms with E-state index in [1.165, 1.54) is 11.0 Å². The maximum atomic E-state index is 12.0. The summed E-state index contributed by atoms with van der Waals surface area (Å²) in [5.41, 5.74) is 0.751. The van der Waals surface area contributed by atoms with E-state index in [0.29, 0.717) is 12.1 Å². The van der Waals surface area contributed by atoms with Gasteiger partial charge in [-0.1, -0.05) is 11.6 Å². The molecule has 1 aromatic rings. The van der Waals surface area contributed by atoms with Crippen LogP contribution in [0.25, 0.3) is 0 Å². The summed E-state index contributed by atoms with van der Waals surface area (Å²) in [5.74, 6) is -0.276. The number of benzene rings is 1. The van der Waals surface area contributed by atoms with Gasteiger partial charge in [-0.05, 0) is 31.5 Å². The lowest BCUT2D eigenvalue weighted by Gasteiger charge is -2.16. The number of sulfonamides is 1. The van der Waals surface area contributed by atoms with Crippen molar-refractivity contribution in [2.24, 2.45) is 5.14 Å². The normalized spacial score (nSPS) is 11.4. The van der Waals surface area contributed by atoms with E-state index in [9.17, 15) is 13.2 Å². The average Bonchev–Trinajstić information content (AvgIpc) is 2.28. The first kappa shape index (κ1) is 14.9. The van der Waals surface area contributed by atoms with Gasteiger partial charge in [0.25, 0.3) is 5.91 Å². The Hall–Kier alpha value is -1.11. The predicted molar refractivity (Wildman–Crippen MR) is 70.2 cm³/mol. The Kier molecular flexibility index (Phi) is 4.37. The van der Waals surface area contributed by atoms with Gasteiger partial charge in [0, 0.05) is 19.2 Å². The van der Waals surface area contributed by atoms with Crippen molar-refractivity contribution in [1.82, 2.24) is 4.90 Å². The lowest BCUT2D eigenvalue weighted by atomic mass is 10.1. The smallest absolute Gasteiger partial charge is 0.253 e. The fourth-order valence-electron chi connectivity index (χ4n) is 1.43. The first-order valence-corrected chi connectivity index (χ1v) is 7.19. The number of rotatable bonds is 3. The Bertz CT molecular complexity index is 584. The van der Waals surface area contributed by atoms with Crippen molar-refractivity contribution in [1.29, 1.82) is 0 Å². The van der Waals surface area contributed by atoms with Crippen LogP contribution in [-0.4, -0.2) is 32.8 Å². The summed E-state index contributed by atoms with van der Waals surface area (Å²) in [6, 6.07) is 2.75. The van der Waals surface area contributed by atoms with Gasteiger partial charge in [0.2, 0.25) is 10.0 Å². The summed E-state index contributed by atoms with van der Waals surface area (Å²) >= 11 is 5.88. The van der Waals surface area contributed by atoms with Gasteiger partial charge in [0.05, 0.1) is 5.02 Å². The first-order valence-electron chi connectivity index (χ1n) is 5.27. The molecule has 5 nitrogen and oxygen atoms in total. The maximum Gasteiger partial charge on any atom is 0.253 e. The predicted octanol–water partition coefficient (Wildman–Crippen LogP) is 1.39. The van der Waals surface area contributed by atoms with Crippen LogP contribution in [0, 0.1) is 6.92 Å². The molecule has 0 aliphatic carbocycles. The highest BCUT2D eigenvalue weighted by molar-refractivity contribution is 7.89.